The largest absolute Gasteiger partial charge is 0.241 e. The Morgan fingerprint density at radius 3 is 2.75 bits per heavy atom. The molecule has 1 aromatic rings. The van der Waals surface area contributed by atoms with Gasteiger partial charge < -0.3 is 0 Å². The molecule has 0 atom stereocenters. The predicted molar refractivity (Wildman–Crippen MR) is 50.1 cm³/mol. The van der Waals surface area contributed by atoms with Gasteiger partial charge in [0.25, 0.3) is 0 Å². The van der Waals surface area contributed by atoms with Gasteiger partial charge in [-0.15, -0.1) is 0 Å². The van der Waals surface area contributed by atoms with Gasteiger partial charge in [-0.25, -0.2) is 9.97 Å². The van der Waals surface area contributed by atoms with Crippen molar-refractivity contribution in [2.75, 3.05) is 0 Å². The van der Waals surface area contributed by atoms with E-state index < -0.39 is 0 Å². The summed E-state index contributed by atoms with van der Waals surface area (Å²) in [6.45, 7) is 6.40. The molecule has 1 rings (SSSR count). The normalized spacial score (nSPS) is 10.7. The number of nitrogens with zero attached hydrogens (tertiary/aromatic N) is 2. The van der Waals surface area contributed by atoms with E-state index in [-0.39, 0.29) is 0 Å². The number of aryl methyl sites for hydroxylation is 1. The number of hydrogen-bond acceptors (Lipinski definition) is 2. The molecule has 0 aliphatic heterocycles. The lowest BCUT2D eigenvalue weighted by atomic mass is 10.2. The van der Waals surface area contributed by atoms with Crippen molar-refractivity contribution < 1.29 is 0 Å². The molecule has 1 heterocycles. The van der Waals surface area contributed by atoms with E-state index in [2.05, 4.69) is 30.7 Å². The summed E-state index contributed by atoms with van der Waals surface area (Å²) in [6.07, 6.45) is 4.06. The van der Waals surface area contributed by atoms with E-state index in [1.807, 2.05) is 12.3 Å². The Labute approximate surface area is 74.1 Å². The molecule has 0 aliphatic carbocycles. The van der Waals surface area contributed by atoms with E-state index in [4.69, 9.17) is 0 Å². The van der Waals surface area contributed by atoms with Crippen molar-refractivity contribution in [2.45, 2.75) is 39.5 Å². The Morgan fingerprint density at radius 1 is 1.42 bits per heavy atom. The van der Waals surface area contributed by atoms with Crippen LogP contribution in [0.15, 0.2) is 12.3 Å². The molecule has 0 saturated carbocycles. The molecule has 0 aromatic carbocycles. The maximum absolute atomic E-state index is 4.45. The smallest absolute Gasteiger partial charge is 0.131 e. The van der Waals surface area contributed by atoms with Crippen molar-refractivity contribution in [3.63, 3.8) is 0 Å². The third-order valence-electron chi connectivity index (χ3n) is 1.75. The molecule has 2 heteroatoms. The molecular formula is C10H16N2. The van der Waals surface area contributed by atoms with Crippen molar-refractivity contribution in [3.05, 3.63) is 23.8 Å². The summed E-state index contributed by atoms with van der Waals surface area (Å²) in [5, 5.41) is 0. The van der Waals surface area contributed by atoms with Crippen LogP contribution in [-0.2, 0) is 6.42 Å². The molecule has 0 unspecified atom stereocenters. The van der Waals surface area contributed by atoms with Gasteiger partial charge in [0.2, 0.25) is 0 Å². The maximum atomic E-state index is 4.45. The van der Waals surface area contributed by atoms with E-state index in [9.17, 15) is 0 Å². The van der Waals surface area contributed by atoms with Crippen LogP contribution in [0, 0.1) is 0 Å². The second-order valence-electron chi connectivity index (χ2n) is 3.31. The van der Waals surface area contributed by atoms with Gasteiger partial charge in [0.1, 0.15) is 5.82 Å². The van der Waals surface area contributed by atoms with Gasteiger partial charge in [-0.2, -0.15) is 0 Å². The Balaban J connectivity index is 2.81. The van der Waals surface area contributed by atoms with Crippen molar-refractivity contribution in [1.82, 2.24) is 9.97 Å². The maximum Gasteiger partial charge on any atom is 0.131 e. The summed E-state index contributed by atoms with van der Waals surface area (Å²) in [5.41, 5.74) is 1.16. The van der Waals surface area contributed by atoms with Crippen LogP contribution in [-0.4, -0.2) is 9.97 Å². The van der Waals surface area contributed by atoms with Gasteiger partial charge in [0, 0.05) is 17.8 Å². The van der Waals surface area contributed by atoms with Gasteiger partial charge in [0.15, 0.2) is 0 Å². The van der Waals surface area contributed by atoms with Crippen LogP contribution in [0.25, 0.3) is 0 Å². The molecule has 0 N–H and O–H groups in total. The number of rotatable bonds is 3. The van der Waals surface area contributed by atoms with Crippen LogP contribution in [0.5, 0.6) is 0 Å². The molecular weight excluding hydrogens is 148 g/mol. The van der Waals surface area contributed by atoms with E-state index >= 15 is 0 Å². The summed E-state index contributed by atoms with van der Waals surface area (Å²) in [5.74, 6) is 1.39. The number of aromatic nitrogens is 2. The zero-order valence-electron chi connectivity index (χ0n) is 8.04. The predicted octanol–water partition coefficient (Wildman–Crippen LogP) is 2.55. The van der Waals surface area contributed by atoms with Crippen LogP contribution in [0.2, 0.25) is 0 Å². The highest BCUT2D eigenvalue weighted by atomic mass is 14.9. The van der Waals surface area contributed by atoms with Crippen molar-refractivity contribution in [1.29, 1.82) is 0 Å². The van der Waals surface area contributed by atoms with Gasteiger partial charge in [-0.1, -0.05) is 27.2 Å². The summed E-state index contributed by atoms with van der Waals surface area (Å²) < 4.78 is 0. The van der Waals surface area contributed by atoms with Crippen LogP contribution >= 0.6 is 0 Å². The summed E-state index contributed by atoms with van der Waals surface area (Å²) in [4.78, 5) is 8.66. The summed E-state index contributed by atoms with van der Waals surface area (Å²) in [7, 11) is 0. The third-order valence-corrected chi connectivity index (χ3v) is 1.75. The first-order valence-corrected chi connectivity index (χ1v) is 4.56. The highest BCUT2D eigenvalue weighted by Crippen LogP contribution is 2.08. The Kier molecular flexibility index (Phi) is 3.20. The van der Waals surface area contributed by atoms with Crippen molar-refractivity contribution >= 4 is 0 Å². The lowest BCUT2D eigenvalue weighted by Gasteiger charge is -2.04. The monoisotopic (exact) mass is 164 g/mol. The quantitative estimate of drug-likeness (QED) is 0.686. The van der Waals surface area contributed by atoms with Gasteiger partial charge in [-0.3, -0.25) is 0 Å². The average Bonchev–Trinajstić information content (AvgIpc) is 2.05. The highest BCUT2D eigenvalue weighted by Gasteiger charge is 2.02. The van der Waals surface area contributed by atoms with Crippen LogP contribution in [0.1, 0.15) is 44.6 Å². The fourth-order valence-corrected chi connectivity index (χ4v) is 1.09. The first-order chi connectivity index (χ1) is 5.74. The van der Waals surface area contributed by atoms with Crippen molar-refractivity contribution in [3.8, 4) is 0 Å². The first-order valence-electron chi connectivity index (χ1n) is 4.56. The van der Waals surface area contributed by atoms with E-state index in [0.717, 1.165) is 24.4 Å². The Hall–Kier alpha value is -0.920. The van der Waals surface area contributed by atoms with Gasteiger partial charge in [0.05, 0.1) is 0 Å². The lowest BCUT2D eigenvalue weighted by molar-refractivity contribution is 0.748. The fourth-order valence-electron chi connectivity index (χ4n) is 1.09. The van der Waals surface area contributed by atoms with Gasteiger partial charge in [-0.05, 0) is 12.5 Å². The van der Waals surface area contributed by atoms with Crippen LogP contribution in [0.3, 0.4) is 0 Å². The molecule has 12 heavy (non-hydrogen) atoms. The molecule has 0 bridgehead atoms. The molecule has 0 aliphatic rings. The van der Waals surface area contributed by atoms with Crippen molar-refractivity contribution in [2.24, 2.45) is 0 Å². The number of hydrogen-bond donors (Lipinski definition) is 0. The van der Waals surface area contributed by atoms with Crippen LogP contribution < -0.4 is 0 Å². The fraction of sp³-hybridized carbons (Fsp3) is 0.600. The molecule has 0 radical (unpaired) electrons. The Bertz CT molecular complexity index is 243. The lowest BCUT2D eigenvalue weighted by Crippen LogP contribution is -2.00. The minimum atomic E-state index is 0.432. The van der Waals surface area contributed by atoms with Gasteiger partial charge >= 0.3 is 0 Å². The first kappa shape index (κ1) is 9.17. The molecule has 0 amide bonds. The van der Waals surface area contributed by atoms with E-state index in [1.54, 1.807) is 0 Å². The molecule has 66 valence electrons. The average molecular weight is 164 g/mol. The highest BCUT2D eigenvalue weighted by molar-refractivity contribution is 5.04. The third kappa shape index (κ3) is 2.29. The minimum Gasteiger partial charge on any atom is -0.241 e. The standard InChI is InChI=1S/C10H16N2/c1-4-5-9-6-7-11-10(12-9)8(2)3/h6-8H,4-5H2,1-3H3. The summed E-state index contributed by atoms with van der Waals surface area (Å²) >= 11 is 0. The zero-order valence-corrected chi connectivity index (χ0v) is 8.04. The summed E-state index contributed by atoms with van der Waals surface area (Å²) in [6, 6.07) is 2.00. The molecule has 1 aromatic heterocycles. The van der Waals surface area contributed by atoms with E-state index in [0.29, 0.717) is 5.92 Å². The zero-order chi connectivity index (χ0) is 8.97. The van der Waals surface area contributed by atoms with E-state index in [1.165, 1.54) is 0 Å². The second kappa shape index (κ2) is 4.19. The molecule has 0 fully saturated rings. The molecule has 0 spiro atoms. The molecule has 2 nitrogen and oxygen atoms in total. The SMILES string of the molecule is CCCc1ccnc(C(C)C)n1. The second-order valence-corrected chi connectivity index (χ2v) is 3.31. The Morgan fingerprint density at radius 2 is 2.17 bits per heavy atom. The van der Waals surface area contributed by atoms with Crippen LogP contribution in [0.4, 0.5) is 0 Å². The topological polar surface area (TPSA) is 25.8 Å². The molecule has 0 saturated heterocycles. The minimum absolute atomic E-state index is 0.432.